The van der Waals surface area contributed by atoms with E-state index in [2.05, 4.69) is 21.3 Å². The minimum Gasteiger partial charge on any atom is -0.510 e. The summed E-state index contributed by atoms with van der Waals surface area (Å²) in [6.45, 7) is 3.87. The van der Waals surface area contributed by atoms with Gasteiger partial charge in [0.25, 0.3) is 0 Å². The van der Waals surface area contributed by atoms with E-state index >= 15 is 0 Å². The normalized spacial score (nSPS) is 13.1. The highest BCUT2D eigenvalue weighted by atomic mass is 32.2. The third-order valence-electron chi connectivity index (χ3n) is 4.76. The van der Waals surface area contributed by atoms with Crippen molar-refractivity contribution in [3.05, 3.63) is 64.9 Å². The number of rotatable bonds is 5. The van der Waals surface area contributed by atoms with Crippen LogP contribution < -0.4 is 0 Å². The van der Waals surface area contributed by atoms with Crippen molar-refractivity contribution in [1.82, 2.24) is 19.7 Å². The second-order valence-electron chi connectivity index (χ2n) is 6.80. The molecule has 8 heteroatoms. The van der Waals surface area contributed by atoms with Gasteiger partial charge in [-0.05, 0) is 31.5 Å². The first-order valence-electron chi connectivity index (χ1n) is 9.30. The van der Waals surface area contributed by atoms with Gasteiger partial charge in [-0.2, -0.15) is 5.26 Å². The minimum absolute atomic E-state index is 0.0120. The molecule has 0 amide bonds. The predicted molar refractivity (Wildman–Crippen MR) is 121 cm³/mol. The number of aryl methyl sites for hydroxylation is 1. The SMILES string of the molecule is Cc1ccccc1-c1nnc(SC(C)/C(O)=C(\C#N)c2nc3ccccc3s2)n1C. The molecule has 0 aliphatic carbocycles. The van der Waals surface area contributed by atoms with Gasteiger partial charge >= 0.3 is 0 Å². The molecule has 0 aliphatic heterocycles. The molecule has 0 bridgehead atoms. The molecule has 1 N–H and O–H groups in total. The molecule has 0 saturated carbocycles. The number of aromatic nitrogens is 4. The summed E-state index contributed by atoms with van der Waals surface area (Å²) in [6, 6.07) is 17.8. The van der Waals surface area contributed by atoms with Crippen LogP contribution in [-0.4, -0.2) is 30.1 Å². The molecular formula is C22H19N5OS2. The Morgan fingerprint density at radius 3 is 2.63 bits per heavy atom. The zero-order valence-electron chi connectivity index (χ0n) is 16.7. The molecule has 2 aromatic heterocycles. The number of nitriles is 1. The van der Waals surface area contributed by atoms with Crippen molar-refractivity contribution < 1.29 is 5.11 Å². The van der Waals surface area contributed by atoms with Crippen LogP contribution >= 0.6 is 23.1 Å². The number of para-hydroxylation sites is 1. The van der Waals surface area contributed by atoms with Crippen LogP contribution in [0.4, 0.5) is 0 Å². The number of fused-ring (bicyclic) bond motifs is 1. The number of thioether (sulfide) groups is 1. The van der Waals surface area contributed by atoms with Gasteiger partial charge in [-0.25, -0.2) is 4.98 Å². The van der Waals surface area contributed by atoms with Gasteiger partial charge in [0.2, 0.25) is 0 Å². The maximum absolute atomic E-state index is 10.8. The maximum atomic E-state index is 10.8. The second kappa shape index (κ2) is 8.30. The Bertz CT molecular complexity index is 1270. The van der Waals surface area contributed by atoms with E-state index in [0.717, 1.165) is 27.2 Å². The molecule has 0 spiro atoms. The van der Waals surface area contributed by atoms with Gasteiger partial charge in [-0.3, -0.25) is 0 Å². The van der Waals surface area contributed by atoms with E-state index in [9.17, 15) is 10.4 Å². The highest BCUT2D eigenvalue weighted by Gasteiger charge is 2.22. The summed E-state index contributed by atoms with van der Waals surface area (Å²) in [6.07, 6.45) is 0. The standard InChI is InChI=1S/C22H19N5OS2/c1-13-8-4-5-9-15(13)20-25-26-22(27(20)3)29-14(2)19(28)16(12-23)21-24-17-10-6-7-11-18(17)30-21/h4-11,14,28H,1-3H3/b19-16-. The lowest BCUT2D eigenvalue weighted by atomic mass is 10.1. The number of allylic oxidation sites excluding steroid dienone is 1. The minimum atomic E-state index is -0.390. The number of hydrogen-bond acceptors (Lipinski definition) is 7. The zero-order chi connectivity index (χ0) is 21.3. The Morgan fingerprint density at radius 1 is 1.17 bits per heavy atom. The largest absolute Gasteiger partial charge is 0.510 e. The molecule has 30 heavy (non-hydrogen) atoms. The van der Waals surface area contributed by atoms with Crippen molar-refractivity contribution >= 4 is 38.9 Å². The average molecular weight is 434 g/mol. The molecule has 1 atom stereocenters. The van der Waals surface area contributed by atoms with Crippen molar-refractivity contribution in [2.24, 2.45) is 7.05 Å². The summed E-state index contributed by atoms with van der Waals surface area (Å²) in [7, 11) is 1.90. The maximum Gasteiger partial charge on any atom is 0.191 e. The molecule has 2 aromatic carbocycles. The molecule has 0 radical (unpaired) electrons. The van der Waals surface area contributed by atoms with Gasteiger partial charge in [0.15, 0.2) is 11.0 Å². The van der Waals surface area contributed by atoms with E-state index in [1.807, 2.05) is 74.0 Å². The molecule has 4 rings (SSSR count). The first-order chi connectivity index (χ1) is 14.5. The van der Waals surface area contributed by atoms with Crippen LogP contribution in [0.25, 0.3) is 27.2 Å². The molecule has 6 nitrogen and oxygen atoms in total. The molecular weight excluding hydrogens is 414 g/mol. The predicted octanol–water partition coefficient (Wildman–Crippen LogP) is 5.37. The fraction of sp³-hybridized carbons (Fsp3) is 0.182. The van der Waals surface area contributed by atoms with Crippen molar-refractivity contribution in [3.63, 3.8) is 0 Å². The van der Waals surface area contributed by atoms with Gasteiger partial charge in [-0.1, -0.05) is 48.2 Å². The van der Waals surface area contributed by atoms with Crippen molar-refractivity contribution in [2.75, 3.05) is 0 Å². The van der Waals surface area contributed by atoms with E-state index in [1.54, 1.807) is 0 Å². The summed E-state index contributed by atoms with van der Waals surface area (Å²) in [5, 5.41) is 29.9. The third-order valence-corrected chi connectivity index (χ3v) is 6.96. The first-order valence-corrected chi connectivity index (χ1v) is 11.0. The van der Waals surface area contributed by atoms with Crippen LogP contribution in [0, 0.1) is 18.3 Å². The van der Waals surface area contributed by atoms with Crippen LogP contribution in [0.1, 0.15) is 17.5 Å². The van der Waals surface area contributed by atoms with Gasteiger partial charge in [0.1, 0.15) is 22.4 Å². The number of hydrogen-bond donors (Lipinski definition) is 1. The van der Waals surface area contributed by atoms with Crippen LogP contribution in [0.15, 0.2) is 59.4 Å². The monoisotopic (exact) mass is 433 g/mol. The Balaban J connectivity index is 1.64. The van der Waals surface area contributed by atoms with Crippen LogP contribution in [0.2, 0.25) is 0 Å². The van der Waals surface area contributed by atoms with Crippen LogP contribution in [0.3, 0.4) is 0 Å². The summed E-state index contributed by atoms with van der Waals surface area (Å²) in [5.74, 6) is 0.750. The fourth-order valence-corrected chi connectivity index (χ4v) is 4.93. The number of aliphatic hydroxyl groups excluding tert-OH is 1. The molecule has 0 aliphatic rings. The number of nitrogens with zero attached hydrogens (tertiary/aromatic N) is 5. The van der Waals surface area contributed by atoms with Gasteiger partial charge < -0.3 is 9.67 Å². The van der Waals surface area contributed by atoms with Gasteiger partial charge in [0, 0.05) is 12.6 Å². The van der Waals surface area contributed by atoms with Crippen molar-refractivity contribution in [3.8, 4) is 17.5 Å². The lowest BCUT2D eigenvalue weighted by molar-refractivity contribution is 0.402. The third kappa shape index (κ3) is 3.70. The Labute approximate surface area is 182 Å². The summed E-state index contributed by atoms with van der Waals surface area (Å²) < 4.78 is 2.88. The van der Waals surface area contributed by atoms with E-state index in [4.69, 9.17) is 0 Å². The smallest absolute Gasteiger partial charge is 0.191 e. The topological polar surface area (TPSA) is 87.6 Å². The fourth-order valence-electron chi connectivity index (χ4n) is 3.09. The van der Waals surface area contributed by atoms with E-state index in [0.29, 0.717) is 10.2 Å². The molecule has 0 saturated heterocycles. The highest BCUT2D eigenvalue weighted by molar-refractivity contribution is 7.99. The quantitative estimate of drug-likeness (QED) is 0.258. The molecule has 0 fully saturated rings. The first kappa shape index (κ1) is 20.1. The van der Waals surface area contributed by atoms with Crippen LogP contribution in [0.5, 0.6) is 0 Å². The molecule has 1 unspecified atom stereocenters. The lowest BCUT2D eigenvalue weighted by Crippen LogP contribution is -2.06. The summed E-state index contributed by atoms with van der Waals surface area (Å²) in [4.78, 5) is 4.50. The van der Waals surface area contributed by atoms with Gasteiger partial charge in [-0.15, -0.1) is 21.5 Å². The summed E-state index contributed by atoms with van der Waals surface area (Å²) in [5.41, 5.74) is 3.13. The lowest BCUT2D eigenvalue weighted by Gasteiger charge is -2.11. The second-order valence-corrected chi connectivity index (χ2v) is 9.14. The highest BCUT2D eigenvalue weighted by Crippen LogP contribution is 2.34. The van der Waals surface area contributed by atoms with E-state index < -0.39 is 0 Å². The van der Waals surface area contributed by atoms with Gasteiger partial charge in [0.05, 0.1) is 15.5 Å². The molecule has 4 aromatic rings. The number of aliphatic hydroxyl groups is 1. The van der Waals surface area contributed by atoms with Crippen molar-refractivity contribution in [1.29, 1.82) is 5.26 Å². The van der Waals surface area contributed by atoms with Crippen LogP contribution in [-0.2, 0) is 7.05 Å². The Hall–Kier alpha value is -3.15. The van der Waals surface area contributed by atoms with E-state index in [-0.39, 0.29) is 16.6 Å². The molecule has 2 heterocycles. The average Bonchev–Trinajstić information content (AvgIpc) is 3.32. The number of benzene rings is 2. The Kier molecular flexibility index (Phi) is 5.57. The number of thiazole rings is 1. The summed E-state index contributed by atoms with van der Waals surface area (Å²) >= 11 is 2.75. The van der Waals surface area contributed by atoms with Crippen molar-refractivity contribution in [2.45, 2.75) is 24.3 Å². The zero-order valence-corrected chi connectivity index (χ0v) is 18.3. The van der Waals surface area contributed by atoms with E-state index in [1.165, 1.54) is 23.1 Å². The Morgan fingerprint density at radius 2 is 1.90 bits per heavy atom. The molecule has 150 valence electrons.